The minimum atomic E-state index is -0.470. The third-order valence-electron chi connectivity index (χ3n) is 4.11. The maximum absolute atomic E-state index is 11.9. The van der Waals surface area contributed by atoms with Crippen molar-refractivity contribution in [2.75, 3.05) is 25.1 Å². The molecule has 0 radical (unpaired) electrons. The third-order valence-corrected chi connectivity index (χ3v) is 4.11. The van der Waals surface area contributed by atoms with E-state index < -0.39 is 5.79 Å². The molecule has 2 aliphatic rings. The monoisotopic (exact) mass is 320 g/mol. The zero-order valence-corrected chi connectivity index (χ0v) is 13.5. The molecule has 126 valence electrons. The molecule has 1 spiro atoms. The number of benzene rings is 1. The topological polar surface area (TPSA) is 68.8 Å². The number of hydrogen-bond acceptors (Lipinski definition) is 4. The highest BCUT2D eigenvalue weighted by Gasteiger charge is 2.44. The summed E-state index contributed by atoms with van der Waals surface area (Å²) < 4.78 is 17.2. The Kier molecular flexibility index (Phi) is 4.91. The molecule has 6 nitrogen and oxygen atoms in total. The molecular weight excluding hydrogens is 296 g/mol. The van der Waals surface area contributed by atoms with E-state index in [0.717, 1.165) is 37.9 Å². The van der Waals surface area contributed by atoms with E-state index in [1.807, 2.05) is 25.1 Å². The van der Waals surface area contributed by atoms with Crippen molar-refractivity contribution in [3.05, 3.63) is 18.2 Å². The maximum Gasteiger partial charge on any atom is 0.319 e. The van der Waals surface area contributed by atoms with Gasteiger partial charge in [-0.2, -0.15) is 0 Å². The first-order valence-electron chi connectivity index (χ1n) is 8.35. The molecule has 6 heteroatoms. The zero-order chi connectivity index (χ0) is 16.1. The predicted octanol–water partition coefficient (Wildman–Crippen LogP) is 3.28. The Labute approximate surface area is 136 Å². The number of carbonyl (C=O) groups excluding carboxylic acids is 1. The van der Waals surface area contributed by atoms with Gasteiger partial charge in [-0.25, -0.2) is 4.79 Å². The molecule has 3 rings (SSSR count). The predicted molar refractivity (Wildman–Crippen MR) is 87.0 cm³/mol. The molecule has 1 aliphatic heterocycles. The van der Waals surface area contributed by atoms with Gasteiger partial charge in [0.1, 0.15) is 0 Å². The zero-order valence-electron chi connectivity index (χ0n) is 13.5. The van der Waals surface area contributed by atoms with Crippen LogP contribution in [0.15, 0.2) is 18.2 Å². The lowest BCUT2D eigenvalue weighted by atomic mass is 10.2. The van der Waals surface area contributed by atoms with Crippen LogP contribution in [-0.4, -0.2) is 31.6 Å². The van der Waals surface area contributed by atoms with Gasteiger partial charge in [0.25, 0.3) is 5.79 Å². The van der Waals surface area contributed by atoms with Gasteiger partial charge in [-0.05, 0) is 38.3 Å². The minimum Gasteiger partial charge on any atom is -0.448 e. The second kappa shape index (κ2) is 7.08. The van der Waals surface area contributed by atoms with Crippen LogP contribution in [0.4, 0.5) is 10.5 Å². The number of urea groups is 1. The van der Waals surface area contributed by atoms with Gasteiger partial charge in [-0.15, -0.1) is 0 Å². The van der Waals surface area contributed by atoms with Crippen molar-refractivity contribution in [1.82, 2.24) is 5.32 Å². The van der Waals surface area contributed by atoms with E-state index in [1.165, 1.54) is 0 Å². The molecule has 0 aromatic heterocycles. The highest BCUT2D eigenvalue weighted by Crippen LogP contribution is 2.47. The van der Waals surface area contributed by atoms with Crippen molar-refractivity contribution in [2.24, 2.45) is 0 Å². The normalized spacial score (nSPS) is 17.4. The van der Waals surface area contributed by atoms with Crippen LogP contribution in [0.25, 0.3) is 0 Å². The van der Waals surface area contributed by atoms with E-state index in [0.29, 0.717) is 31.2 Å². The second-order valence-electron chi connectivity index (χ2n) is 5.91. The summed E-state index contributed by atoms with van der Waals surface area (Å²) in [6.07, 6.45) is 4.90. The highest BCUT2D eigenvalue weighted by molar-refractivity contribution is 5.89. The Bertz CT molecular complexity index is 556. The van der Waals surface area contributed by atoms with Gasteiger partial charge >= 0.3 is 6.03 Å². The van der Waals surface area contributed by atoms with Gasteiger partial charge in [0.05, 0.1) is 0 Å². The first kappa shape index (κ1) is 15.9. The van der Waals surface area contributed by atoms with E-state index in [9.17, 15) is 4.79 Å². The van der Waals surface area contributed by atoms with Crippen LogP contribution in [0.5, 0.6) is 11.5 Å². The molecular formula is C17H24N2O4. The fourth-order valence-electron chi connectivity index (χ4n) is 2.99. The maximum atomic E-state index is 11.9. The van der Waals surface area contributed by atoms with Gasteiger partial charge in [-0.1, -0.05) is 0 Å². The third kappa shape index (κ3) is 3.88. The van der Waals surface area contributed by atoms with Crippen molar-refractivity contribution < 1.29 is 19.0 Å². The summed E-state index contributed by atoms with van der Waals surface area (Å²) in [4.78, 5) is 11.9. The molecule has 0 unspecified atom stereocenters. The van der Waals surface area contributed by atoms with Gasteiger partial charge in [0.15, 0.2) is 11.5 Å². The highest BCUT2D eigenvalue weighted by atomic mass is 16.7. The minimum absolute atomic E-state index is 0.226. The quantitative estimate of drug-likeness (QED) is 0.789. The largest absolute Gasteiger partial charge is 0.448 e. The van der Waals surface area contributed by atoms with Gasteiger partial charge in [0, 0.05) is 44.4 Å². The molecule has 1 aliphatic carbocycles. The summed E-state index contributed by atoms with van der Waals surface area (Å²) in [6, 6.07) is 5.28. The molecule has 23 heavy (non-hydrogen) atoms. The molecule has 1 heterocycles. The smallest absolute Gasteiger partial charge is 0.319 e. The average molecular weight is 320 g/mol. The van der Waals surface area contributed by atoms with E-state index in [4.69, 9.17) is 14.2 Å². The van der Waals surface area contributed by atoms with E-state index in [2.05, 4.69) is 10.6 Å². The molecule has 1 aromatic rings. The van der Waals surface area contributed by atoms with Crippen molar-refractivity contribution in [1.29, 1.82) is 0 Å². The number of carbonyl (C=O) groups is 1. The molecule has 2 amide bonds. The molecule has 1 saturated carbocycles. The lowest BCUT2D eigenvalue weighted by Gasteiger charge is -2.21. The van der Waals surface area contributed by atoms with Crippen molar-refractivity contribution >= 4 is 11.7 Å². The summed E-state index contributed by atoms with van der Waals surface area (Å²) in [7, 11) is 0. The molecule has 0 bridgehead atoms. The van der Waals surface area contributed by atoms with Crippen LogP contribution < -0.4 is 20.1 Å². The average Bonchev–Trinajstić information content (AvgIpc) is 3.13. The Hall–Kier alpha value is -1.95. The number of anilines is 1. The van der Waals surface area contributed by atoms with E-state index in [-0.39, 0.29) is 6.03 Å². The Morgan fingerprint density at radius 3 is 2.83 bits per heavy atom. The number of ether oxygens (including phenoxy) is 3. The van der Waals surface area contributed by atoms with Crippen LogP contribution in [0.2, 0.25) is 0 Å². The Balaban J connectivity index is 1.50. The number of amides is 2. The number of rotatable bonds is 6. The summed E-state index contributed by atoms with van der Waals surface area (Å²) in [6.45, 7) is 3.89. The van der Waals surface area contributed by atoms with Crippen molar-refractivity contribution in [3.8, 4) is 11.5 Å². The van der Waals surface area contributed by atoms with Crippen LogP contribution in [-0.2, 0) is 4.74 Å². The molecule has 0 atom stereocenters. The van der Waals surface area contributed by atoms with Gasteiger partial charge in [0.2, 0.25) is 0 Å². The number of nitrogens with one attached hydrogen (secondary N) is 2. The second-order valence-corrected chi connectivity index (χ2v) is 5.91. The molecule has 1 aromatic carbocycles. The number of hydrogen-bond donors (Lipinski definition) is 2. The van der Waals surface area contributed by atoms with Crippen molar-refractivity contribution in [2.45, 2.75) is 44.8 Å². The Morgan fingerprint density at radius 1 is 1.26 bits per heavy atom. The van der Waals surface area contributed by atoms with E-state index in [1.54, 1.807) is 0 Å². The van der Waals surface area contributed by atoms with E-state index >= 15 is 0 Å². The summed E-state index contributed by atoms with van der Waals surface area (Å²) in [5.74, 6) is 0.998. The van der Waals surface area contributed by atoms with Gasteiger partial charge < -0.3 is 24.8 Å². The van der Waals surface area contributed by atoms with Crippen LogP contribution >= 0.6 is 0 Å². The lowest BCUT2D eigenvalue weighted by Crippen LogP contribution is -2.34. The molecule has 2 N–H and O–H groups in total. The summed E-state index contributed by atoms with van der Waals surface area (Å²) in [5, 5.41) is 5.62. The molecule has 1 fully saturated rings. The standard InChI is InChI=1S/C17H24N2O4/c1-2-21-11-5-10-18-16(20)19-13-6-7-14-15(12-13)23-17(22-14)8-3-4-9-17/h6-7,12H,2-5,8-11H2,1H3,(H2,18,19,20). The summed E-state index contributed by atoms with van der Waals surface area (Å²) >= 11 is 0. The SMILES string of the molecule is CCOCCCNC(=O)Nc1ccc2c(c1)OC1(CCCC1)O2. The van der Waals surface area contributed by atoms with Crippen LogP contribution in [0.1, 0.15) is 39.0 Å². The first-order chi connectivity index (χ1) is 11.2. The fourth-order valence-corrected chi connectivity index (χ4v) is 2.99. The molecule has 0 saturated heterocycles. The first-order valence-corrected chi connectivity index (χ1v) is 8.35. The van der Waals surface area contributed by atoms with Crippen molar-refractivity contribution in [3.63, 3.8) is 0 Å². The lowest BCUT2D eigenvalue weighted by molar-refractivity contribution is -0.0716. The Morgan fingerprint density at radius 2 is 2.04 bits per heavy atom. The summed E-state index contributed by atoms with van der Waals surface area (Å²) in [5.41, 5.74) is 0.699. The number of fused-ring (bicyclic) bond motifs is 1. The van der Waals surface area contributed by atoms with Crippen LogP contribution in [0.3, 0.4) is 0 Å². The fraction of sp³-hybridized carbons (Fsp3) is 0.588. The van der Waals surface area contributed by atoms with Crippen LogP contribution in [0, 0.1) is 0 Å². The van der Waals surface area contributed by atoms with Gasteiger partial charge in [-0.3, -0.25) is 0 Å².